The predicted molar refractivity (Wildman–Crippen MR) is 48.2 cm³/mol. The molecule has 1 aromatic carbocycles. The SMILES string of the molecule is NC(=O)N1c2ccccc2CC1O. The van der Waals surface area contributed by atoms with Crippen LogP contribution < -0.4 is 10.6 Å². The Bertz CT molecular complexity index is 351. The van der Waals surface area contributed by atoms with Crippen molar-refractivity contribution in [1.29, 1.82) is 0 Å². The zero-order valence-corrected chi connectivity index (χ0v) is 6.97. The first-order chi connectivity index (χ1) is 6.20. The molecule has 2 rings (SSSR count). The van der Waals surface area contributed by atoms with Gasteiger partial charge >= 0.3 is 6.03 Å². The Morgan fingerprint density at radius 1 is 1.54 bits per heavy atom. The topological polar surface area (TPSA) is 66.6 Å². The minimum absolute atomic E-state index is 0.457. The quantitative estimate of drug-likeness (QED) is 0.605. The third-order valence-corrected chi connectivity index (χ3v) is 2.19. The lowest BCUT2D eigenvalue weighted by Crippen LogP contribution is -2.41. The number of para-hydroxylation sites is 1. The Balaban J connectivity index is 2.46. The van der Waals surface area contributed by atoms with E-state index in [0.29, 0.717) is 12.1 Å². The van der Waals surface area contributed by atoms with E-state index in [9.17, 15) is 9.90 Å². The normalized spacial score (nSPS) is 20.1. The Morgan fingerprint density at radius 3 is 2.92 bits per heavy atom. The highest BCUT2D eigenvalue weighted by atomic mass is 16.3. The number of primary amides is 1. The number of hydrogen-bond acceptors (Lipinski definition) is 2. The van der Waals surface area contributed by atoms with E-state index in [1.54, 1.807) is 6.07 Å². The van der Waals surface area contributed by atoms with Crippen LogP contribution in [-0.4, -0.2) is 17.4 Å². The number of carbonyl (C=O) groups is 1. The fourth-order valence-corrected chi connectivity index (χ4v) is 1.63. The molecule has 0 spiro atoms. The molecule has 0 bridgehead atoms. The van der Waals surface area contributed by atoms with Crippen molar-refractivity contribution in [3.63, 3.8) is 0 Å². The van der Waals surface area contributed by atoms with Gasteiger partial charge in [-0.3, -0.25) is 4.90 Å². The van der Waals surface area contributed by atoms with Crippen molar-refractivity contribution in [2.75, 3.05) is 4.90 Å². The minimum Gasteiger partial charge on any atom is -0.373 e. The van der Waals surface area contributed by atoms with Crippen molar-refractivity contribution < 1.29 is 9.90 Å². The van der Waals surface area contributed by atoms with Gasteiger partial charge in [0.2, 0.25) is 0 Å². The Morgan fingerprint density at radius 2 is 2.23 bits per heavy atom. The molecule has 0 fully saturated rings. The molecule has 0 aromatic heterocycles. The number of benzene rings is 1. The van der Waals surface area contributed by atoms with Crippen molar-refractivity contribution >= 4 is 11.7 Å². The van der Waals surface area contributed by atoms with E-state index in [1.807, 2.05) is 18.2 Å². The molecule has 4 nitrogen and oxygen atoms in total. The number of fused-ring (bicyclic) bond motifs is 1. The van der Waals surface area contributed by atoms with Crippen molar-refractivity contribution in [2.24, 2.45) is 5.73 Å². The molecule has 1 heterocycles. The molecule has 2 amide bonds. The molecule has 1 aromatic rings. The highest BCUT2D eigenvalue weighted by Crippen LogP contribution is 2.30. The number of urea groups is 1. The summed E-state index contributed by atoms with van der Waals surface area (Å²) in [6.45, 7) is 0. The standard InChI is InChI=1S/C9H10N2O2/c10-9(13)11-7-4-2-1-3-6(7)5-8(11)12/h1-4,8,12H,5H2,(H2,10,13). The molecule has 1 atom stereocenters. The molecule has 0 saturated carbocycles. The molecule has 1 aliphatic rings. The summed E-state index contributed by atoms with van der Waals surface area (Å²) >= 11 is 0. The van der Waals surface area contributed by atoms with E-state index in [2.05, 4.69) is 0 Å². The van der Waals surface area contributed by atoms with E-state index in [0.717, 1.165) is 5.56 Å². The van der Waals surface area contributed by atoms with Crippen LogP contribution in [0.3, 0.4) is 0 Å². The molecule has 0 saturated heterocycles. The van der Waals surface area contributed by atoms with Crippen LogP contribution in [0.25, 0.3) is 0 Å². The number of anilines is 1. The first-order valence-electron chi connectivity index (χ1n) is 4.05. The summed E-state index contributed by atoms with van der Waals surface area (Å²) in [7, 11) is 0. The molecular weight excluding hydrogens is 168 g/mol. The lowest BCUT2D eigenvalue weighted by atomic mass is 10.2. The van der Waals surface area contributed by atoms with Crippen molar-refractivity contribution in [2.45, 2.75) is 12.6 Å². The maximum Gasteiger partial charge on any atom is 0.321 e. The van der Waals surface area contributed by atoms with Crippen LogP contribution in [0.15, 0.2) is 24.3 Å². The summed E-state index contributed by atoms with van der Waals surface area (Å²) in [6.07, 6.45) is -0.353. The van der Waals surface area contributed by atoms with Crippen LogP contribution in [0.5, 0.6) is 0 Å². The summed E-state index contributed by atoms with van der Waals surface area (Å²) < 4.78 is 0. The van der Waals surface area contributed by atoms with Gasteiger partial charge in [0, 0.05) is 6.42 Å². The van der Waals surface area contributed by atoms with Crippen LogP contribution in [0.4, 0.5) is 10.5 Å². The van der Waals surface area contributed by atoms with Gasteiger partial charge in [0.05, 0.1) is 5.69 Å². The largest absolute Gasteiger partial charge is 0.373 e. The van der Waals surface area contributed by atoms with Gasteiger partial charge in [-0.25, -0.2) is 4.79 Å². The fraction of sp³-hybridized carbons (Fsp3) is 0.222. The summed E-state index contributed by atoms with van der Waals surface area (Å²) in [5, 5.41) is 9.51. The first kappa shape index (κ1) is 8.07. The van der Waals surface area contributed by atoms with Crippen LogP contribution in [0.2, 0.25) is 0 Å². The molecule has 4 heteroatoms. The second kappa shape index (κ2) is 2.74. The molecular formula is C9H10N2O2. The number of amides is 2. The van der Waals surface area contributed by atoms with E-state index in [1.165, 1.54) is 4.90 Å². The van der Waals surface area contributed by atoms with Crippen molar-refractivity contribution in [3.05, 3.63) is 29.8 Å². The van der Waals surface area contributed by atoms with Crippen LogP contribution in [0, 0.1) is 0 Å². The maximum atomic E-state index is 11.0. The molecule has 0 radical (unpaired) electrons. The van der Waals surface area contributed by atoms with Gasteiger partial charge in [-0.2, -0.15) is 0 Å². The average molecular weight is 178 g/mol. The number of aliphatic hydroxyl groups excluding tert-OH is 1. The zero-order valence-electron chi connectivity index (χ0n) is 6.97. The molecule has 1 unspecified atom stereocenters. The van der Waals surface area contributed by atoms with Crippen LogP contribution >= 0.6 is 0 Å². The van der Waals surface area contributed by atoms with Crippen LogP contribution in [-0.2, 0) is 6.42 Å². The van der Waals surface area contributed by atoms with Gasteiger partial charge in [0.1, 0.15) is 6.23 Å². The lowest BCUT2D eigenvalue weighted by molar-refractivity contribution is 0.178. The Kier molecular flexibility index (Phi) is 1.70. The van der Waals surface area contributed by atoms with Gasteiger partial charge in [-0.05, 0) is 11.6 Å². The second-order valence-corrected chi connectivity index (χ2v) is 3.02. The first-order valence-corrected chi connectivity index (χ1v) is 4.05. The lowest BCUT2D eigenvalue weighted by Gasteiger charge is -2.18. The molecule has 3 N–H and O–H groups in total. The molecule has 13 heavy (non-hydrogen) atoms. The summed E-state index contributed by atoms with van der Waals surface area (Å²) in [4.78, 5) is 12.2. The van der Waals surface area contributed by atoms with Gasteiger partial charge < -0.3 is 10.8 Å². The van der Waals surface area contributed by atoms with E-state index >= 15 is 0 Å². The number of nitrogens with two attached hydrogens (primary N) is 1. The number of rotatable bonds is 0. The summed E-state index contributed by atoms with van der Waals surface area (Å²) in [6, 6.07) is 6.72. The number of nitrogens with zero attached hydrogens (tertiary/aromatic N) is 1. The number of hydrogen-bond donors (Lipinski definition) is 2. The predicted octanol–water partition coefficient (Wildman–Crippen LogP) is 0.446. The number of carbonyl (C=O) groups excluding carboxylic acids is 1. The van der Waals surface area contributed by atoms with Crippen molar-refractivity contribution in [3.8, 4) is 0 Å². The Hall–Kier alpha value is -1.55. The third-order valence-electron chi connectivity index (χ3n) is 2.19. The van der Waals surface area contributed by atoms with Crippen LogP contribution in [0.1, 0.15) is 5.56 Å². The van der Waals surface area contributed by atoms with Gasteiger partial charge in [-0.15, -0.1) is 0 Å². The monoisotopic (exact) mass is 178 g/mol. The molecule has 1 aliphatic heterocycles. The number of aliphatic hydroxyl groups is 1. The zero-order chi connectivity index (χ0) is 9.42. The van der Waals surface area contributed by atoms with Gasteiger partial charge in [-0.1, -0.05) is 18.2 Å². The summed E-state index contributed by atoms with van der Waals surface area (Å²) in [5.41, 5.74) is 6.79. The highest BCUT2D eigenvalue weighted by molar-refractivity contribution is 5.93. The van der Waals surface area contributed by atoms with Gasteiger partial charge in [0.25, 0.3) is 0 Å². The molecule has 0 aliphatic carbocycles. The smallest absolute Gasteiger partial charge is 0.321 e. The fourth-order valence-electron chi connectivity index (χ4n) is 1.63. The van der Waals surface area contributed by atoms with Crippen molar-refractivity contribution in [1.82, 2.24) is 0 Å². The third kappa shape index (κ3) is 1.15. The average Bonchev–Trinajstić information content (AvgIpc) is 2.39. The molecule has 68 valence electrons. The maximum absolute atomic E-state index is 11.0. The highest BCUT2D eigenvalue weighted by Gasteiger charge is 2.30. The van der Waals surface area contributed by atoms with E-state index in [4.69, 9.17) is 5.73 Å². The summed E-state index contributed by atoms with van der Waals surface area (Å²) in [5.74, 6) is 0. The van der Waals surface area contributed by atoms with E-state index in [-0.39, 0.29) is 0 Å². The second-order valence-electron chi connectivity index (χ2n) is 3.02. The minimum atomic E-state index is -0.810. The Labute approximate surface area is 75.6 Å². The van der Waals surface area contributed by atoms with Gasteiger partial charge in [0.15, 0.2) is 0 Å². The van der Waals surface area contributed by atoms with E-state index < -0.39 is 12.3 Å².